The molecule has 3 heterocycles. The molecule has 0 amide bonds. The maximum atomic E-state index is 11.1. The lowest BCUT2D eigenvalue weighted by Gasteiger charge is -2.36. The molecule has 1 saturated heterocycles. The lowest BCUT2D eigenvalue weighted by Crippen LogP contribution is -2.36. The zero-order valence-electron chi connectivity index (χ0n) is 18.1. The highest BCUT2D eigenvalue weighted by Crippen LogP contribution is 2.38. The number of aromatic nitrogens is 1. The van der Waals surface area contributed by atoms with Gasteiger partial charge >= 0.3 is 5.97 Å². The van der Waals surface area contributed by atoms with Crippen LogP contribution in [0.3, 0.4) is 0 Å². The summed E-state index contributed by atoms with van der Waals surface area (Å²) in [4.78, 5) is 21.8. The number of H-pyrrole nitrogens is 1. The molecule has 2 aliphatic rings. The molecule has 0 saturated carbocycles. The van der Waals surface area contributed by atoms with Crippen molar-refractivity contribution < 1.29 is 14.6 Å². The van der Waals surface area contributed by atoms with Gasteiger partial charge in [0.1, 0.15) is 5.04 Å². The Morgan fingerprint density at radius 3 is 2.75 bits per heavy atom. The van der Waals surface area contributed by atoms with E-state index in [1.807, 2.05) is 6.07 Å². The number of aliphatic carboxylic acids is 1. The number of nitrogens with zero attached hydrogens (tertiary/aromatic N) is 2. The average Bonchev–Trinajstić information content (AvgIpc) is 3.42. The van der Waals surface area contributed by atoms with Crippen molar-refractivity contribution in [3.63, 3.8) is 0 Å². The second-order valence-corrected chi connectivity index (χ2v) is 9.49. The van der Waals surface area contributed by atoms with Gasteiger partial charge in [-0.05, 0) is 55.7 Å². The minimum absolute atomic E-state index is 0.0760. The van der Waals surface area contributed by atoms with Gasteiger partial charge in [-0.1, -0.05) is 18.2 Å². The molecule has 1 atom stereocenters. The number of anilines is 2. The number of carboxylic acid groups (broad SMARTS) is 1. The fourth-order valence-electron chi connectivity index (χ4n) is 4.62. The summed E-state index contributed by atoms with van der Waals surface area (Å²) in [6.45, 7) is 3.68. The van der Waals surface area contributed by atoms with Crippen LogP contribution in [0.1, 0.15) is 30.5 Å². The summed E-state index contributed by atoms with van der Waals surface area (Å²) in [5, 5.41) is 11.1. The number of hydrogen-bond donors (Lipinski definition) is 2. The molecule has 0 bridgehead atoms. The number of ether oxygens (including phenoxy) is 1. The highest BCUT2D eigenvalue weighted by Gasteiger charge is 2.27. The van der Waals surface area contributed by atoms with E-state index in [1.165, 1.54) is 11.3 Å². The highest BCUT2D eigenvalue weighted by molar-refractivity contribution is 8.14. The van der Waals surface area contributed by atoms with Crippen LogP contribution in [-0.4, -0.2) is 52.2 Å². The van der Waals surface area contributed by atoms with E-state index in [-0.39, 0.29) is 12.5 Å². The van der Waals surface area contributed by atoms with Crippen molar-refractivity contribution >= 4 is 45.1 Å². The second kappa shape index (κ2) is 9.00. The molecule has 2 aromatic carbocycles. The third-order valence-corrected chi connectivity index (χ3v) is 7.20. The Bertz CT molecular complexity index is 1150. The van der Waals surface area contributed by atoms with Gasteiger partial charge in [0, 0.05) is 36.1 Å². The van der Waals surface area contributed by atoms with Gasteiger partial charge in [-0.2, -0.15) is 0 Å². The van der Waals surface area contributed by atoms with Gasteiger partial charge in [-0.3, -0.25) is 9.79 Å². The molecule has 1 unspecified atom stereocenters. The number of carbonyl (C=O) groups is 1. The van der Waals surface area contributed by atoms with Crippen LogP contribution in [-0.2, 0) is 9.53 Å². The molecular weight excluding hydrogens is 422 g/mol. The van der Waals surface area contributed by atoms with Crippen LogP contribution >= 0.6 is 11.8 Å². The molecular formula is C25H27N3O3S. The van der Waals surface area contributed by atoms with E-state index in [4.69, 9.17) is 9.84 Å². The molecule has 2 aliphatic heterocycles. The van der Waals surface area contributed by atoms with E-state index in [2.05, 4.69) is 64.3 Å². The largest absolute Gasteiger partial charge is 0.481 e. The molecule has 2 N–H and O–H groups in total. The molecule has 0 aliphatic carbocycles. The van der Waals surface area contributed by atoms with Gasteiger partial charge in [0.25, 0.3) is 0 Å². The number of benzene rings is 2. The number of aryl methyl sites for hydroxylation is 1. The fourth-order valence-corrected chi connectivity index (χ4v) is 5.66. The molecule has 6 nitrogen and oxygen atoms in total. The Hall–Kier alpha value is -2.77. The molecule has 166 valence electrons. The highest BCUT2D eigenvalue weighted by atomic mass is 32.2. The SMILES string of the molecule is Cc1cc(N(c2ccccc2)C2CCOCC2)c2[nH]c(C3=NC(CC(=O)O)CS3)cc2c1. The third kappa shape index (κ3) is 4.27. The van der Waals surface area contributed by atoms with Gasteiger partial charge in [0.15, 0.2) is 0 Å². The number of fused-ring (bicyclic) bond motifs is 1. The number of rotatable bonds is 6. The first-order chi connectivity index (χ1) is 15.6. The van der Waals surface area contributed by atoms with Crippen molar-refractivity contribution in [2.45, 2.75) is 38.3 Å². The summed E-state index contributed by atoms with van der Waals surface area (Å²) >= 11 is 1.63. The first-order valence-electron chi connectivity index (χ1n) is 11.1. The minimum Gasteiger partial charge on any atom is -0.481 e. The van der Waals surface area contributed by atoms with Crippen LogP contribution < -0.4 is 4.90 Å². The Morgan fingerprint density at radius 2 is 2.00 bits per heavy atom. The van der Waals surface area contributed by atoms with E-state index in [1.54, 1.807) is 11.8 Å². The van der Waals surface area contributed by atoms with Gasteiger partial charge in [-0.15, -0.1) is 11.8 Å². The first-order valence-corrected chi connectivity index (χ1v) is 12.0. The van der Waals surface area contributed by atoms with Crippen molar-refractivity contribution in [1.29, 1.82) is 0 Å². The maximum Gasteiger partial charge on any atom is 0.305 e. The number of hydrogen-bond acceptors (Lipinski definition) is 5. The first kappa shape index (κ1) is 21.1. The number of aromatic amines is 1. The van der Waals surface area contributed by atoms with E-state index in [0.717, 1.165) is 53.4 Å². The number of thioether (sulfide) groups is 1. The molecule has 32 heavy (non-hydrogen) atoms. The normalized spacial score (nSPS) is 19.3. The standard InChI is InChI=1S/C25H27N3O3S/c1-16-11-17-13-21(25-26-18(15-32-25)14-23(29)30)27-24(17)22(12-16)28(19-5-3-2-4-6-19)20-7-9-31-10-8-20/h2-6,11-13,18,20,27H,7-10,14-15H2,1H3,(H,29,30). The van der Waals surface area contributed by atoms with E-state index >= 15 is 0 Å². The van der Waals surface area contributed by atoms with Crippen LogP contribution in [0.15, 0.2) is 53.5 Å². The van der Waals surface area contributed by atoms with Crippen molar-refractivity contribution in [3.8, 4) is 0 Å². The summed E-state index contributed by atoms with van der Waals surface area (Å²) < 4.78 is 5.65. The summed E-state index contributed by atoms with van der Waals surface area (Å²) in [5.74, 6) is -0.0914. The van der Waals surface area contributed by atoms with E-state index in [0.29, 0.717) is 11.8 Å². The number of para-hydroxylation sites is 1. The minimum atomic E-state index is -0.801. The van der Waals surface area contributed by atoms with Crippen LogP contribution in [0, 0.1) is 6.92 Å². The summed E-state index contributed by atoms with van der Waals surface area (Å²) in [6, 6.07) is 17.3. The quantitative estimate of drug-likeness (QED) is 0.545. The topological polar surface area (TPSA) is 77.9 Å². The molecule has 0 radical (unpaired) electrons. The molecule has 5 rings (SSSR count). The van der Waals surface area contributed by atoms with Crippen LogP contribution in [0.25, 0.3) is 10.9 Å². The van der Waals surface area contributed by atoms with Crippen LogP contribution in [0.2, 0.25) is 0 Å². The lowest BCUT2D eigenvalue weighted by atomic mass is 10.0. The molecule has 1 fully saturated rings. The molecule has 0 spiro atoms. The zero-order chi connectivity index (χ0) is 22.1. The average molecular weight is 450 g/mol. The predicted molar refractivity (Wildman–Crippen MR) is 130 cm³/mol. The second-order valence-electron chi connectivity index (χ2n) is 8.48. The van der Waals surface area contributed by atoms with Gasteiger partial charge in [0.05, 0.1) is 29.4 Å². The summed E-state index contributed by atoms with van der Waals surface area (Å²) in [6.07, 6.45) is 2.04. The van der Waals surface area contributed by atoms with Gasteiger partial charge < -0.3 is 19.7 Å². The molecule has 1 aromatic heterocycles. The van der Waals surface area contributed by atoms with Crippen molar-refractivity contribution in [1.82, 2.24) is 4.98 Å². The van der Waals surface area contributed by atoms with E-state index in [9.17, 15) is 4.79 Å². The Labute approximate surface area is 191 Å². The summed E-state index contributed by atoms with van der Waals surface area (Å²) in [5.41, 5.74) is 5.60. The smallest absolute Gasteiger partial charge is 0.305 e. The Balaban J connectivity index is 1.59. The zero-order valence-corrected chi connectivity index (χ0v) is 18.9. The van der Waals surface area contributed by atoms with E-state index < -0.39 is 5.97 Å². The number of aliphatic imine (C=N–C) groups is 1. The lowest BCUT2D eigenvalue weighted by molar-refractivity contribution is -0.137. The van der Waals surface area contributed by atoms with Crippen molar-refractivity contribution in [2.75, 3.05) is 23.9 Å². The molecule has 7 heteroatoms. The van der Waals surface area contributed by atoms with Gasteiger partial charge in [-0.25, -0.2) is 0 Å². The predicted octanol–water partition coefficient (Wildman–Crippen LogP) is 5.13. The van der Waals surface area contributed by atoms with Crippen molar-refractivity contribution in [2.24, 2.45) is 4.99 Å². The number of nitrogens with one attached hydrogen (secondary N) is 1. The molecule has 3 aromatic rings. The Morgan fingerprint density at radius 1 is 1.22 bits per heavy atom. The Kier molecular flexibility index (Phi) is 5.93. The maximum absolute atomic E-state index is 11.1. The van der Waals surface area contributed by atoms with Crippen LogP contribution in [0.5, 0.6) is 0 Å². The summed E-state index contributed by atoms with van der Waals surface area (Å²) in [7, 11) is 0. The van der Waals surface area contributed by atoms with Crippen LogP contribution in [0.4, 0.5) is 11.4 Å². The monoisotopic (exact) mass is 449 g/mol. The number of carboxylic acids is 1. The fraction of sp³-hybridized carbons (Fsp3) is 0.360. The van der Waals surface area contributed by atoms with Crippen molar-refractivity contribution in [3.05, 3.63) is 59.8 Å². The third-order valence-electron chi connectivity index (χ3n) is 6.05. The van der Waals surface area contributed by atoms with Gasteiger partial charge in [0.2, 0.25) is 0 Å².